The van der Waals surface area contributed by atoms with E-state index in [1.807, 2.05) is 38.5 Å². The normalized spacial score (nSPS) is 12.7. The quantitative estimate of drug-likeness (QED) is 0.886. The van der Waals surface area contributed by atoms with Crippen molar-refractivity contribution in [3.8, 4) is 0 Å². The first-order valence-electron chi connectivity index (χ1n) is 5.18. The molecule has 1 aromatic carbocycles. The van der Waals surface area contributed by atoms with Crippen molar-refractivity contribution >= 4 is 11.8 Å². The third-order valence-electron chi connectivity index (χ3n) is 2.32. The zero-order chi connectivity index (χ0) is 11.5. The Kier molecular flexibility index (Phi) is 3.31. The number of aromatic nitrogens is 2. The van der Waals surface area contributed by atoms with E-state index in [9.17, 15) is 0 Å². The number of aryl methyl sites for hydroxylation is 1. The lowest BCUT2D eigenvalue weighted by Crippen LogP contribution is -2.05. The molecule has 0 amide bonds. The maximum atomic E-state index is 5.94. The molecule has 0 saturated carbocycles. The average Bonchev–Trinajstić information content (AvgIpc) is 2.64. The molecular formula is C12H15N3S. The highest BCUT2D eigenvalue weighted by Gasteiger charge is 2.08. The Bertz CT molecular complexity index is 477. The minimum absolute atomic E-state index is 0.0559. The molecule has 0 aliphatic heterocycles. The maximum Gasteiger partial charge on any atom is 0.0629 e. The number of rotatable bonds is 3. The van der Waals surface area contributed by atoms with Crippen molar-refractivity contribution in [3.05, 3.63) is 42.2 Å². The first-order chi connectivity index (χ1) is 7.66. The van der Waals surface area contributed by atoms with Crippen LogP contribution in [0.4, 0.5) is 0 Å². The fourth-order valence-electron chi connectivity index (χ4n) is 1.53. The summed E-state index contributed by atoms with van der Waals surface area (Å²) in [5.41, 5.74) is 7.12. The Morgan fingerprint density at radius 1 is 1.38 bits per heavy atom. The molecule has 0 bridgehead atoms. The Hall–Kier alpha value is -1.26. The van der Waals surface area contributed by atoms with Crippen LogP contribution in [0.2, 0.25) is 0 Å². The molecule has 1 unspecified atom stereocenters. The van der Waals surface area contributed by atoms with Gasteiger partial charge < -0.3 is 5.73 Å². The van der Waals surface area contributed by atoms with Gasteiger partial charge in [-0.2, -0.15) is 5.10 Å². The van der Waals surface area contributed by atoms with Crippen molar-refractivity contribution in [2.75, 3.05) is 0 Å². The number of nitrogens with two attached hydrogens (primary N) is 1. The number of benzene rings is 1. The molecule has 0 saturated heterocycles. The zero-order valence-corrected chi connectivity index (χ0v) is 10.2. The Labute approximate surface area is 99.7 Å². The van der Waals surface area contributed by atoms with Crippen LogP contribution in [0.5, 0.6) is 0 Å². The Morgan fingerprint density at radius 3 is 2.75 bits per heavy atom. The standard InChI is InChI=1S/C12H15N3S/c1-9(13)11-5-3-4-6-12(11)16-10-7-14-15(2)8-10/h3-9H,13H2,1-2H3. The number of nitrogens with zero attached hydrogens (tertiary/aromatic N) is 2. The van der Waals surface area contributed by atoms with Gasteiger partial charge in [0, 0.05) is 24.2 Å². The second-order valence-corrected chi connectivity index (χ2v) is 4.89. The molecule has 16 heavy (non-hydrogen) atoms. The summed E-state index contributed by atoms with van der Waals surface area (Å²) < 4.78 is 1.80. The Balaban J connectivity index is 2.27. The van der Waals surface area contributed by atoms with Gasteiger partial charge >= 0.3 is 0 Å². The highest BCUT2D eigenvalue weighted by Crippen LogP contribution is 2.32. The van der Waals surface area contributed by atoms with E-state index in [2.05, 4.69) is 17.2 Å². The first-order valence-corrected chi connectivity index (χ1v) is 5.99. The van der Waals surface area contributed by atoms with E-state index in [0.29, 0.717) is 0 Å². The summed E-state index contributed by atoms with van der Waals surface area (Å²) in [4.78, 5) is 2.33. The SMILES string of the molecule is CC(N)c1ccccc1Sc1cnn(C)c1. The fraction of sp³-hybridized carbons (Fsp3) is 0.250. The van der Waals surface area contributed by atoms with Crippen LogP contribution < -0.4 is 5.73 Å². The summed E-state index contributed by atoms with van der Waals surface area (Å²) >= 11 is 1.70. The minimum atomic E-state index is 0.0559. The summed E-state index contributed by atoms with van der Waals surface area (Å²) in [7, 11) is 1.92. The van der Waals surface area contributed by atoms with Crippen molar-refractivity contribution in [1.82, 2.24) is 9.78 Å². The smallest absolute Gasteiger partial charge is 0.0629 e. The van der Waals surface area contributed by atoms with E-state index < -0.39 is 0 Å². The largest absolute Gasteiger partial charge is 0.324 e. The van der Waals surface area contributed by atoms with Gasteiger partial charge in [-0.15, -0.1) is 0 Å². The van der Waals surface area contributed by atoms with Gasteiger partial charge in [0.1, 0.15) is 0 Å². The highest BCUT2D eigenvalue weighted by molar-refractivity contribution is 7.99. The minimum Gasteiger partial charge on any atom is -0.324 e. The lowest BCUT2D eigenvalue weighted by atomic mass is 10.1. The monoisotopic (exact) mass is 233 g/mol. The maximum absolute atomic E-state index is 5.94. The topological polar surface area (TPSA) is 43.8 Å². The van der Waals surface area contributed by atoms with Gasteiger partial charge in [-0.3, -0.25) is 4.68 Å². The van der Waals surface area contributed by atoms with E-state index in [1.165, 1.54) is 10.5 Å². The molecule has 2 N–H and O–H groups in total. The average molecular weight is 233 g/mol. The summed E-state index contributed by atoms with van der Waals surface area (Å²) in [6, 6.07) is 8.27. The third kappa shape index (κ3) is 2.46. The summed E-state index contributed by atoms with van der Waals surface area (Å²) in [5.74, 6) is 0. The van der Waals surface area contributed by atoms with Crippen molar-refractivity contribution < 1.29 is 0 Å². The van der Waals surface area contributed by atoms with Crippen LogP contribution in [0.3, 0.4) is 0 Å². The zero-order valence-electron chi connectivity index (χ0n) is 9.42. The van der Waals surface area contributed by atoms with Crippen LogP contribution in [-0.4, -0.2) is 9.78 Å². The van der Waals surface area contributed by atoms with Crippen molar-refractivity contribution in [2.45, 2.75) is 22.8 Å². The molecule has 1 heterocycles. The van der Waals surface area contributed by atoms with Crippen molar-refractivity contribution in [3.63, 3.8) is 0 Å². The van der Waals surface area contributed by atoms with Gasteiger partial charge in [0.2, 0.25) is 0 Å². The summed E-state index contributed by atoms with van der Waals surface area (Å²) in [6.45, 7) is 2.00. The molecule has 2 rings (SSSR count). The predicted molar refractivity (Wildman–Crippen MR) is 66.4 cm³/mol. The van der Waals surface area contributed by atoms with E-state index in [-0.39, 0.29) is 6.04 Å². The van der Waals surface area contributed by atoms with Gasteiger partial charge in [0.25, 0.3) is 0 Å². The second-order valence-electron chi connectivity index (χ2n) is 3.78. The molecule has 4 heteroatoms. The first kappa shape index (κ1) is 11.2. The molecule has 3 nitrogen and oxygen atoms in total. The summed E-state index contributed by atoms with van der Waals surface area (Å²) in [5, 5.41) is 4.15. The second kappa shape index (κ2) is 4.72. The predicted octanol–water partition coefficient (Wildman–Crippen LogP) is 2.59. The van der Waals surface area contributed by atoms with Gasteiger partial charge in [0.05, 0.1) is 11.1 Å². The van der Waals surface area contributed by atoms with Gasteiger partial charge in [0.15, 0.2) is 0 Å². The van der Waals surface area contributed by atoms with E-state index in [0.717, 1.165) is 4.90 Å². The molecule has 0 radical (unpaired) electrons. The molecule has 0 aliphatic carbocycles. The molecule has 1 aromatic heterocycles. The molecule has 84 valence electrons. The molecular weight excluding hydrogens is 218 g/mol. The third-order valence-corrected chi connectivity index (χ3v) is 3.36. The van der Waals surface area contributed by atoms with Crippen LogP contribution >= 0.6 is 11.8 Å². The number of hydrogen-bond acceptors (Lipinski definition) is 3. The molecule has 0 fully saturated rings. The van der Waals surface area contributed by atoms with Gasteiger partial charge in [-0.25, -0.2) is 0 Å². The van der Waals surface area contributed by atoms with E-state index in [4.69, 9.17) is 5.73 Å². The van der Waals surface area contributed by atoms with Crippen LogP contribution in [-0.2, 0) is 7.05 Å². The Morgan fingerprint density at radius 2 is 2.12 bits per heavy atom. The summed E-state index contributed by atoms with van der Waals surface area (Å²) in [6.07, 6.45) is 3.87. The molecule has 0 aliphatic rings. The van der Waals surface area contributed by atoms with Crippen LogP contribution in [0, 0.1) is 0 Å². The van der Waals surface area contributed by atoms with Crippen LogP contribution in [0.15, 0.2) is 46.5 Å². The number of hydrogen-bond donors (Lipinski definition) is 1. The highest BCUT2D eigenvalue weighted by atomic mass is 32.2. The van der Waals surface area contributed by atoms with E-state index >= 15 is 0 Å². The van der Waals surface area contributed by atoms with E-state index in [1.54, 1.807) is 16.4 Å². The fourth-order valence-corrected chi connectivity index (χ4v) is 2.61. The van der Waals surface area contributed by atoms with Crippen LogP contribution in [0.25, 0.3) is 0 Å². The van der Waals surface area contributed by atoms with Gasteiger partial charge in [-0.05, 0) is 18.6 Å². The van der Waals surface area contributed by atoms with Crippen molar-refractivity contribution in [2.24, 2.45) is 12.8 Å². The molecule has 2 aromatic rings. The lowest BCUT2D eigenvalue weighted by molar-refractivity contribution is 0.766. The van der Waals surface area contributed by atoms with Gasteiger partial charge in [-0.1, -0.05) is 30.0 Å². The lowest BCUT2D eigenvalue weighted by Gasteiger charge is -2.10. The molecule has 0 spiro atoms. The van der Waals surface area contributed by atoms with Crippen molar-refractivity contribution in [1.29, 1.82) is 0 Å². The van der Waals surface area contributed by atoms with Crippen LogP contribution in [0.1, 0.15) is 18.5 Å². The molecule has 1 atom stereocenters.